The summed E-state index contributed by atoms with van der Waals surface area (Å²) in [4.78, 5) is 22.9. The minimum Gasteiger partial charge on any atom is -0.488 e. The first kappa shape index (κ1) is 48.7. The van der Waals surface area contributed by atoms with E-state index in [1.165, 1.54) is 0 Å². The van der Waals surface area contributed by atoms with Gasteiger partial charge in [0.2, 0.25) is 11.8 Å². The molecule has 0 saturated carbocycles. The average Bonchev–Trinajstić information content (AvgIpc) is 4.06. The van der Waals surface area contributed by atoms with Crippen LogP contribution in [0.15, 0.2) is 65.9 Å². The highest BCUT2D eigenvalue weighted by Crippen LogP contribution is 2.37. The lowest BCUT2D eigenvalue weighted by Crippen LogP contribution is -2.41. The Kier molecular flexibility index (Phi) is 13.6. The summed E-state index contributed by atoms with van der Waals surface area (Å²) in [6.07, 6.45) is 12.6. The maximum atomic E-state index is 11.6. The molecule has 4 atom stereocenters. The summed E-state index contributed by atoms with van der Waals surface area (Å²) < 4.78 is 32.9. The SMILES string of the molecule is CC(C)(C)n1cc(B2OC(C)(C)C(C)(C)O2)cn1.Cc1cc2c(O[C@H](C)[C@H]3CNC(=O)C3)cc(-c3cnn(C(C)(C)C)c3)cn2n1.Cc1cc2c(O[C@H](C)[C@H]3CNC(=O)C3)cc(Br)cn2n1. The zero-order valence-electron chi connectivity index (χ0n) is 40.9. The second-order valence-corrected chi connectivity index (χ2v) is 21.8. The minimum absolute atomic E-state index is 0.0257. The Bertz CT molecular complexity index is 2690. The van der Waals surface area contributed by atoms with Crippen LogP contribution in [0, 0.1) is 25.7 Å². The van der Waals surface area contributed by atoms with Gasteiger partial charge in [-0.2, -0.15) is 20.4 Å². The Hall–Kier alpha value is -5.20. The summed E-state index contributed by atoms with van der Waals surface area (Å²) in [7, 11) is -0.328. The molecule has 0 aromatic carbocycles. The van der Waals surface area contributed by atoms with E-state index in [0.717, 1.165) is 55.0 Å². The van der Waals surface area contributed by atoms with E-state index in [-0.39, 0.29) is 65.3 Å². The molecule has 0 unspecified atom stereocenters. The van der Waals surface area contributed by atoms with E-state index in [1.54, 1.807) is 4.52 Å². The van der Waals surface area contributed by atoms with Crippen molar-refractivity contribution < 1.29 is 28.4 Å². The zero-order chi connectivity index (χ0) is 48.1. The fraction of sp³-hybridized carbons (Fsp3) is 0.542. The van der Waals surface area contributed by atoms with Crippen molar-refractivity contribution in [3.63, 3.8) is 0 Å². The van der Waals surface area contributed by atoms with E-state index in [9.17, 15) is 9.59 Å². The first-order chi connectivity index (χ1) is 30.8. The van der Waals surface area contributed by atoms with Crippen LogP contribution in [0.1, 0.15) is 107 Å². The van der Waals surface area contributed by atoms with Crippen molar-refractivity contribution >= 4 is 51.4 Å². The van der Waals surface area contributed by atoms with Gasteiger partial charge in [-0.1, -0.05) is 0 Å². The number of aromatic nitrogens is 8. The number of rotatable bonds is 8. The number of nitrogens with one attached hydrogen (secondary N) is 2. The fourth-order valence-electron chi connectivity index (χ4n) is 7.84. The fourth-order valence-corrected chi connectivity index (χ4v) is 8.24. The van der Waals surface area contributed by atoms with E-state index < -0.39 is 0 Å². The Morgan fingerprint density at radius 2 is 1.17 bits per heavy atom. The topological polar surface area (TPSA) is 165 Å². The molecular formula is C48H66BBrN10O6. The predicted molar refractivity (Wildman–Crippen MR) is 259 cm³/mol. The van der Waals surface area contributed by atoms with Crippen molar-refractivity contribution in [2.24, 2.45) is 11.8 Å². The molecule has 6 aromatic heterocycles. The van der Waals surface area contributed by atoms with E-state index in [4.69, 9.17) is 18.8 Å². The Balaban J connectivity index is 0.000000152. The molecule has 2 amide bonds. The summed E-state index contributed by atoms with van der Waals surface area (Å²) in [6.45, 7) is 30.2. The lowest BCUT2D eigenvalue weighted by molar-refractivity contribution is -0.120. The average molecular weight is 970 g/mol. The quantitative estimate of drug-likeness (QED) is 0.147. The number of pyridine rings is 2. The molecule has 0 radical (unpaired) electrons. The molecular weight excluding hydrogens is 903 g/mol. The van der Waals surface area contributed by atoms with Gasteiger partial charge in [0.15, 0.2) is 0 Å². The van der Waals surface area contributed by atoms with Crippen molar-refractivity contribution in [3.8, 4) is 22.6 Å². The van der Waals surface area contributed by atoms with Gasteiger partial charge in [-0.3, -0.25) is 19.0 Å². The summed E-state index contributed by atoms with van der Waals surface area (Å²) in [5.41, 5.74) is 6.00. The van der Waals surface area contributed by atoms with Crippen LogP contribution in [0.5, 0.6) is 11.5 Å². The van der Waals surface area contributed by atoms with Gasteiger partial charge < -0.3 is 29.4 Å². The van der Waals surface area contributed by atoms with Crippen LogP contribution < -0.4 is 25.6 Å². The second kappa shape index (κ2) is 18.5. The standard InChI is InChI=1S/C21H27N5O2.C14H16BrN3O2.C13H23BN2O2/c1-13-6-18-19(28-14(2)15-8-20(27)22-9-15)7-16(11-25(18)24-13)17-10-23-26(12-17)21(3,4)5;1-8-3-12-13(5-11(15)7-18(12)17-8)20-9(2)10-4-14(19)16-6-10;1-11(2,3)16-9-10(8-15-16)14-17-12(4,5)13(6,7)18-14/h6-7,10-12,14-15H,8-9H2,1-5H3,(H,22,27);3,5,7,9-10H,4,6H2,1-2H3,(H,16,19);8-9H,1-7H3/t14-,15-;9-,10-;/m11./s1. The highest BCUT2D eigenvalue weighted by molar-refractivity contribution is 9.10. The minimum atomic E-state index is -0.328. The summed E-state index contributed by atoms with van der Waals surface area (Å²) in [5.74, 6) is 2.13. The Labute approximate surface area is 396 Å². The van der Waals surface area contributed by atoms with Crippen LogP contribution in [-0.2, 0) is 30.0 Å². The number of fused-ring (bicyclic) bond motifs is 2. The normalized spacial score (nSPS) is 20.1. The smallest absolute Gasteiger partial charge is 0.488 e. The number of halogens is 1. The molecule has 3 aliphatic rings. The first-order valence-corrected chi connectivity index (χ1v) is 23.5. The molecule has 18 heteroatoms. The van der Waals surface area contributed by atoms with Crippen LogP contribution in [0.4, 0.5) is 0 Å². The highest BCUT2D eigenvalue weighted by Gasteiger charge is 2.52. The van der Waals surface area contributed by atoms with Crippen molar-refractivity contribution in [1.82, 2.24) is 49.4 Å². The molecule has 3 aliphatic heterocycles. The van der Waals surface area contributed by atoms with Crippen LogP contribution >= 0.6 is 15.9 Å². The number of nitrogens with zero attached hydrogens (tertiary/aromatic N) is 8. The molecule has 0 bridgehead atoms. The maximum Gasteiger partial charge on any atom is 0.498 e. The number of carbonyl (C=O) groups excluding carboxylic acids is 2. The Morgan fingerprint density at radius 3 is 1.62 bits per heavy atom. The Morgan fingerprint density at radius 1 is 0.697 bits per heavy atom. The summed E-state index contributed by atoms with van der Waals surface area (Å²) >= 11 is 3.47. The van der Waals surface area contributed by atoms with Gasteiger partial charge in [0.1, 0.15) is 34.7 Å². The largest absolute Gasteiger partial charge is 0.498 e. The monoisotopic (exact) mass is 968 g/mol. The lowest BCUT2D eigenvalue weighted by Gasteiger charge is -2.32. The van der Waals surface area contributed by atoms with E-state index in [0.29, 0.717) is 25.9 Å². The van der Waals surface area contributed by atoms with Crippen LogP contribution in [0.2, 0.25) is 0 Å². The predicted octanol–water partition coefficient (Wildman–Crippen LogP) is 7.41. The number of ether oxygens (including phenoxy) is 2. The molecule has 3 saturated heterocycles. The third-order valence-corrected chi connectivity index (χ3v) is 13.1. The summed E-state index contributed by atoms with van der Waals surface area (Å²) in [5, 5.41) is 23.6. The molecule has 16 nitrogen and oxygen atoms in total. The van der Waals surface area contributed by atoms with Gasteiger partial charge in [-0.15, -0.1) is 0 Å². The molecule has 66 heavy (non-hydrogen) atoms. The van der Waals surface area contributed by atoms with Gasteiger partial charge in [0.25, 0.3) is 0 Å². The van der Waals surface area contributed by atoms with Gasteiger partial charge in [-0.25, -0.2) is 9.03 Å². The van der Waals surface area contributed by atoms with Crippen molar-refractivity contribution in [1.29, 1.82) is 0 Å². The van der Waals surface area contributed by atoms with Gasteiger partial charge in [-0.05, 0) is 137 Å². The van der Waals surface area contributed by atoms with Crippen molar-refractivity contribution in [2.75, 3.05) is 13.1 Å². The van der Waals surface area contributed by atoms with Crippen LogP contribution in [-0.4, -0.2) is 94.2 Å². The van der Waals surface area contributed by atoms with Gasteiger partial charge in [0.05, 0.1) is 39.9 Å². The molecule has 0 aliphatic carbocycles. The number of aryl methyl sites for hydroxylation is 2. The van der Waals surface area contributed by atoms with Crippen molar-refractivity contribution in [2.45, 2.75) is 144 Å². The van der Waals surface area contributed by atoms with Gasteiger partial charge >= 0.3 is 7.12 Å². The number of carbonyl (C=O) groups is 2. The lowest BCUT2D eigenvalue weighted by atomic mass is 9.82. The van der Waals surface area contributed by atoms with E-state index in [2.05, 4.69) is 116 Å². The zero-order valence-corrected chi connectivity index (χ0v) is 42.5. The van der Waals surface area contributed by atoms with Crippen LogP contribution in [0.3, 0.4) is 0 Å². The molecule has 0 spiro atoms. The van der Waals surface area contributed by atoms with E-state index >= 15 is 0 Å². The number of hydrogen-bond acceptors (Lipinski definition) is 10. The molecule has 9 rings (SSSR count). The third kappa shape index (κ3) is 11.0. The number of amides is 2. The van der Waals surface area contributed by atoms with Gasteiger partial charge in [0, 0.05) is 89.8 Å². The van der Waals surface area contributed by atoms with E-state index in [1.807, 2.05) is 103 Å². The molecule has 354 valence electrons. The molecule has 3 fully saturated rings. The first-order valence-electron chi connectivity index (χ1n) is 22.7. The second-order valence-electron chi connectivity index (χ2n) is 20.9. The maximum absolute atomic E-state index is 11.6. The van der Waals surface area contributed by atoms with Crippen molar-refractivity contribution in [3.05, 3.63) is 77.3 Å². The number of hydrogen-bond donors (Lipinski definition) is 2. The third-order valence-electron chi connectivity index (χ3n) is 12.7. The highest BCUT2D eigenvalue weighted by atomic mass is 79.9. The summed E-state index contributed by atoms with van der Waals surface area (Å²) in [6, 6.07) is 7.99. The molecule has 2 N–H and O–H groups in total. The molecule has 6 aromatic rings. The molecule has 9 heterocycles. The van der Waals surface area contributed by atoms with Crippen LogP contribution in [0.25, 0.3) is 22.2 Å².